The molecule has 4 nitrogen and oxygen atoms in total. The number of hydrogen-bond acceptors (Lipinski definition) is 2. The van der Waals surface area contributed by atoms with Gasteiger partial charge in [-0.3, -0.25) is 9.59 Å². The lowest BCUT2D eigenvalue weighted by molar-refractivity contribution is -0.117. The van der Waals surface area contributed by atoms with E-state index >= 15 is 0 Å². The number of alkyl halides is 2. The number of carbonyl (C=O) groups excluding carboxylic acids is 2. The van der Waals surface area contributed by atoms with Crippen molar-refractivity contribution in [3.63, 3.8) is 0 Å². The average Bonchev–Trinajstić information content (AvgIpc) is 3.35. The van der Waals surface area contributed by atoms with Gasteiger partial charge >= 0.3 is 0 Å². The molecular formula is C23H13Cl6FN2O2. The van der Waals surface area contributed by atoms with E-state index in [4.69, 9.17) is 69.6 Å². The van der Waals surface area contributed by atoms with Gasteiger partial charge in [-0.05, 0) is 60.2 Å². The van der Waals surface area contributed by atoms with Crippen LogP contribution in [0.15, 0.2) is 54.6 Å². The molecule has 0 aromatic heterocycles. The maximum absolute atomic E-state index is 13.1. The van der Waals surface area contributed by atoms with Crippen molar-refractivity contribution < 1.29 is 14.0 Å². The fourth-order valence-electron chi connectivity index (χ4n) is 3.54. The summed E-state index contributed by atoms with van der Waals surface area (Å²) >= 11 is 37.3. The van der Waals surface area contributed by atoms with Crippen LogP contribution in [0.25, 0.3) is 0 Å². The molecule has 1 saturated carbocycles. The summed E-state index contributed by atoms with van der Waals surface area (Å²) in [7, 11) is 0. The lowest BCUT2D eigenvalue weighted by Gasteiger charge is -2.10. The Morgan fingerprint density at radius 3 is 2.06 bits per heavy atom. The lowest BCUT2D eigenvalue weighted by atomic mass is 10.1. The standard InChI is InChI=1S/C23H13Cl6FN2O2/c24-15-6-5-12(7-14(15)21(33)31-11-3-1-10(30)2-4-11)32-22(34)20-19(23(20,28)29)13-8-17(26)18(27)9-16(13)25/h1-9,19-20H,(H,31,33)(H,32,34)/t19-,20+/m0/s1. The fraction of sp³-hybridized carbons (Fsp3) is 0.130. The molecule has 3 aromatic rings. The van der Waals surface area contributed by atoms with Gasteiger partial charge in [0.05, 0.1) is 26.5 Å². The largest absolute Gasteiger partial charge is 0.326 e. The first-order chi connectivity index (χ1) is 16.0. The van der Waals surface area contributed by atoms with Crippen molar-refractivity contribution in [2.45, 2.75) is 10.3 Å². The van der Waals surface area contributed by atoms with Crippen LogP contribution >= 0.6 is 69.6 Å². The van der Waals surface area contributed by atoms with Crippen LogP contribution in [0.1, 0.15) is 21.8 Å². The summed E-state index contributed by atoms with van der Waals surface area (Å²) < 4.78 is 11.7. The molecule has 4 rings (SSSR count). The number of hydrogen-bond donors (Lipinski definition) is 2. The second kappa shape index (κ2) is 9.73. The Morgan fingerprint density at radius 1 is 0.765 bits per heavy atom. The number of benzene rings is 3. The van der Waals surface area contributed by atoms with Crippen molar-refractivity contribution in [1.82, 2.24) is 0 Å². The van der Waals surface area contributed by atoms with E-state index in [0.29, 0.717) is 16.9 Å². The highest BCUT2D eigenvalue weighted by atomic mass is 35.5. The summed E-state index contributed by atoms with van der Waals surface area (Å²) in [6, 6.07) is 12.6. The first-order valence-corrected chi connectivity index (χ1v) is 12.0. The van der Waals surface area contributed by atoms with E-state index in [1.807, 2.05) is 0 Å². The third-order valence-corrected chi connectivity index (χ3v) is 7.61. The number of nitrogens with one attached hydrogen (secondary N) is 2. The second-order valence-electron chi connectivity index (χ2n) is 7.56. The van der Waals surface area contributed by atoms with Crippen LogP contribution in [0.2, 0.25) is 20.1 Å². The van der Waals surface area contributed by atoms with Crippen molar-refractivity contribution in [2.24, 2.45) is 5.92 Å². The molecule has 0 radical (unpaired) electrons. The van der Waals surface area contributed by atoms with Crippen LogP contribution < -0.4 is 10.6 Å². The Kier molecular flexibility index (Phi) is 7.26. The fourth-order valence-corrected chi connectivity index (χ4v) is 5.23. The number of amides is 2. The zero-order valence-electron chi connectivity index (χ0n) is 16.8. The van der Waals surface area contributed by atoms with Gasteiger partial charge in [-0.15, -0.1) is 23.2 Å². The van der Waals surface area contributed by atoms with E-state index in [1.54, 1.807) is 0 Å². The van der Waals surface area contributed by atoms with Crippen LogP contribution in [-0.2, 0) is 4.79 Å². The third-order valence-electron chi connectivity index (χ3n) is 5.29. The molecule has 0 aliphatic heterocycles. The van der Waals surface area contributed by atoms with Crippen molar-refractivity contribution in [2.75, 3.05) is 10.6 Å². The van der Waals surface area contributed by atoms with Gasteiger partial charge in [0.15, 0.2) is 0 Å². The summed E-state index contributed by atoms with van der Waals surface area (Å²) in [6.45, 7) is 0. The number of anilines is 2. The summed E-state index contributed by atoms with van der Waals surface area (Å²) in [4.78, 5) is 25.6. The Hall–Kier alpha value is -1.73. The molecule has 176 valence electrons. The van der Waals surface area contributed by atoms with E-state index < -0.39 is 33.8 Å². The Bertz CT molecular complexity index is 1300. The van der Waals surface area contributed by atoms with Crippen LogP contribution in [0, 0.1) is 11.7 Å². The lowest BCUT2D eigenvalue weighted by Crippen LogP contribution is -2.18. The average molecular weight is 581 g/mol. The maximum atomic E-state index is 13.1. The molecule has 2 amide bonds. The van der Waals surface area contributed by atoms with Crippen LogP contribution in [0.5, 0.6) is 0 Å². The highest BCUT2D eigenvalue weighted by Crippen LogP contribution is 2.66. The quantitative estimate of drug-likeness (QED) is 0.236. The minimum absolute atomic E-state index is 0.103. The van der Waals surface area contributed by atoms with Crippen molar-refractivity contribution in [1.29, 1.82) is 0 Å². The molecule has 0 unspecified atom stereocenters. The SMILES string of the molecule is O=C(Nc1ccc(F)cc1)c1cc(NC(=O)[C@H]2[C@H](c3cc(Cl)c(Cl)cc3Cl)C2(Cl)Cl)ccc1Cl. The first-order valence-electron chi connectivity index (χ1n) is 9.68. The second-order valence-corrected chi connectivity index (χ2v) is 10.6. The van der Waals surface area contributed by atoms with Gasteiger partial charge in [0.1, 0.15) is 10.2 Å². The minimum Gasteiger partial charge on any atom is -0.326 e. The number of rotatable bonds is 5. The van der Waals surface area contributed by atoms with Crippen molar-refractivity contribution in [3.8, 4) is 0 Å². The predicted molar refractivity (Wildman–Crippen MR) is 137 cm³/mol. The van der Waals surface area contributed by atoms with E-state index in [0.717, 1.165) is 0 Å². The molecule has 0 bridgehead atoms. The predicted octanol–water partition coefficient (Wildman–Crippen LogP) is 8.22. The Labute approximate surface area is 224 Å². The Balaban J connectivity index is 1.52. The van der Waals surface area contributed by atoms with E-state index in [-0.39, 0.29) is 25.7 Å². The molecule has 34 heavy (non-hydrogen) atoms. The highest BCUT2D eigenvalue weighted by molar-refractivity contribution is 6.54. The van der Waals surface area contributed by atoms with Crippen molar-refractivity contribution in [3.05, 3.63) is 91.6 Å². The molecule has 1 aliphatic carbocycles. The molecule has 0 heterocycles. The van der Waals surface area contributed by atoms with Gasteiger partial charge in [-0.1, -0.05) is 46.4 Å². The molecule has 11 heteroatoms. The van der Waals surface area contributed by atoms with Gasteiger partial charge < -0.3 is 10.6 Å². The van der Waals surface area contributed by atoms with E-state index in [1.165, 1.54) is 54.6 Å². The van der Waals surface area contributed by atoms with Gasteiger partial charge in [-0.2, -0.15) is 0 Å². The van der Waals surface area contributed by atoms with Crippen LogP contribution in [0.3, 0.4) is 0 Å². The highest BCUT2D eigenvalue weighted by Gasteiger charge is 2.68. The molecule has 0 spiro atoms. The molecule has 1 fully saturated rings. The van der Waals surface area contributed by atoms with E-state index in [2.05, 4.69) is 10.6 Å². The molecule has 2 atom stereocenters. The zero-order valence-corrected chi connectivity index (χ0v) is 21.3. The topological polar surface area (TPSA) is 58.2 Å². The van der Waals surface area contributed by atoms with Crippen molar-refractivity contribution >= 4 is 92.8 Å². The van der Waals surface area contributed by atoms with E-state index in [9.17, 15) is 14.0 Å². The van der Waals surface area contributed by atoms with Gasteiger partial charge in [-0.25, -0.2) is 4.39 Å². The number of halogens is 7. The summed E-state index contributed by atoms with van der Waals surface area (Å²) in [5.74, 6) is -2.91. The zero-order chi connectivity index (χ0) is 24.8. The molecule has 3 aromatic carbocycles. The van der Waals surface area contributed by atoms with Gasteiger partial charge in [0, 0.05) is 22.3 Å². The number of carbonyl (C=O) groups is 2. The molecular weight excluding hydrogens is 568 g/mol. The molecule has 1 aliphatic rings. The third kappa shape index (κ3) is 5.11. The monoisotopic (exact) mass is 578 g/mol. The van der Waals surface area contributed by atoms with Gasteiger partial charge in [0.2, 0.25) is 5.91 Å². The smallest absolute Gasteiger partial charge is 0.257 e. The molecule has 2 N–H and O–H groups in total. The van der Waals surface area contributed by atoms with Crippen LogP contribution in [-0.4, -0.2) is 16.1 Å². The van der Waals surface area contributed by atoms with Crippen LogP contribution in [0.4, 0.5) is 15.8 Å². The summed E-state index contributed by atoms with van der Waals surface area (Å²) in [5, 5.41) is 6.28. The van der Waals surface area contributed by atoms with Gasteiger partial charge in [0.25, 0.3) is 5.91 Å². The first kappa shape index (κ1) is 25.4. The molecule has 0 saturated heterocycles. The maximum Gasteiger partial charge on any atom is 0.257 e. The Morgan fingerprint density at radius 2 is 1.38 bits per heavy atom. The minimum atomic E-state index is -1.42. The summed E-state index contributed by atoms with van der Waals surface area (Å²) in [5.41, 5.74) is 1.28. The summed E-state index contributed by atoms with van der Waals surface area (Å²) in [6.07, 6.45) is 0. The normalized spacial score (nSPS) is 18.3.